The predicted molar refractivity (Wildman–Crippen MR) is 171 cm³/mol. The van der Waals surface area contributed by atoms with Crippen LogP contribution in [0.5, 0.6) is 0 Å². The summed E-state index contributed by atoms with van der Waals surface area (Å²) in [7, 11) is 0. The van der Waals surface area contributed by atoms with Gasteiger partial charge in [0.25, 0.3) is 0 Å². The van der Waals surface area contributed by atoms with Gasteiger partial charge in [-0.1, -0.05) is 48.5 Å². The van der Waals surface area contributed by atoms with Crippen LogP contribution in [0.4, 0.5) is 14.9 Å². The lowest BCUT2D eigenvalue weighted by Crippen LogP contribution is -2.43. The molecule has 10 nitrogen and oxygen atoms in total. The van der Waals surface area contributed by atoms with Crippen LogP contribution in [-0.2, 0) is 36.9 Å². The Morgan fingerprint density at radius 3 is 2.41 bits per heavy atom. The number of ether oxygens (including phenoxy) is 2. The molecule has 0 aromatic heterocycles. The predicted octanol–water partition coefficient (Wildman–Crippen LogP) is 6.30. The van der Waals surface area contributed by atoms with Crippen molar-refractivity contribution in [3.8, 4) is 0 Å². The largest absolute Gasteiger partial charge is 0.480 e. The normalized spacial score (nSPS) is 15.4. The molecule has 46 heavy (non-hydrogen) atoms. The summed E-state index contributed by atoms with van der Waals surface area (Å²) in [6.07, 6.45) is 1.70. The molecule has 1 heterocycles. The molecule has 3 aromatic carbocycles. The molecule has 0 fully saturated rings. The highest BCUT2D eigenvalue weighted by molar-refractivity contribution is 6.02. The van der Waals surface area contributed by atoms with Crippen molar-refractivity contribution >= 4 is 35.1 Å². The second-order valence-corrected chi connectivity index (χ2v) is 11.9. The first-order valence-corrected chi connectivity index (χ1v) is 14.9. The second-order valence-electron chi connectivity index (χ2n) is 11.9. The SMILES string of the molecule is CC1CC=C(c2ccc(NC(=O)OC(C)(C)C)cc2)ON=C1c1ccc(CC(NC(=O)COCc2ccccc2)C(=O)O)cc1F. The molecule has 3 aromatic rings. The van der Waals surface area contributed by atoms with Gasteiger partial charge in [0.2, 0.25) is 5.91 Å². The van der Waals surface area contributed by atoms with Gasteiger partial charge in [0, 0.05) is 29.2 Å². The summed E-state index contributed by atoms with van der Waals surface area (Å²) < 4.78 is 26.1. The number of anilines is 1. The summed E-state index contributed by atoms with van der Waals surface area (Å²) in [5.41, 5.74) is 2.55. The van der Waals surface area contributed by atoms with Crippen molar-refractivity contribution in [1.82, 2.24) is 5.32 Å². The van der Waals surface area contributed by atoms with Crippen molar-refractivity contribution in [1.29, 1.82) is 0 Å². The number of allylic oxidation sites excluding steroid dienone is 1. The number of carboxylic acid groups (broad SMARTS) is 1. The van der Waals surface area contributed by atoms with E-state index in [1.807, 2.05) is 43.3 Å². The number of carbonyl (C=O) groups excluding carboxylic acids is 2. The molecule has 242 valence electrons. The summed E-state index contributed by atoms with van der Waals surface area (Å²) in [6.45, 7) is 7.14. The van der Waals surface area contributed by atoms with E-state index in [1.54, 1.807) is 51.1 Å². The lowest BCUT2D eigenvalue weighted by molar-refractivity contribution is -0.142. The zero-order valence-corrected chi connectivity index (χ0v) is 26.2. The van der Waals surface area contributed by atoms with Crippen molar-refractivity contribution in [3.63, 3.8) is 0 Å². The van der Waals surface area contributed by atoms with E-state index in [4.69, 9.17) is 14.3 Å². The first-order chi connectivity index (χ1) is 21.9. The number of aliphatic carboxylic acids is 1. The van der Waals surface area contributed by atoms with Gasteiger partial charge in [0.05, 0.1) is 12.3 Å². The van der Waals surface area contributed by atoms with E-state index >= 15 is 4.39 Å². The first kappa shape index (κ1) is 33.9. The fourth-order valence-corrected chi connectivity index (χ4v) is 4.65. The molecule has 2 atom stereocenters. The number of nitrogens with one attached hydrogen (secondary N) is 2. The first-order valence-electron chi connectivity index (χ1n) is 14.9. The van der Waals surface area contributed by atoms with Crippen LogP contribution in [0.3, 0.4) is 0 Å². The quantitative estimate of drug-likeness (QED) is 0.226. The highest BCUT2D eigenvalue weighted by atomic mass is 19.1. The average molecular weight is 632 g/mol. The van der Waals surface area contributed by atoms with Crippen LogP contribution in [0, 0.1) is 11.7 Å². The van der Waals surface area contributed by atoms with Gasteiger partial charge in [0.15, 0.2) is 5.76 Å². The van der Waals surface area contributed by atoms with E-state index in [-0.39, 0.29) is 31.1 Å². The molecule has 3 N–H and O–H groups in total. The molecular formula is C35H38FN3O7. The number of benzene rings is 3. The Bertz CT molecular complexity index is 1600. The van der Waals surface area contributed by atoms with Crippen LogP contribution in [0.2, 0.25) is 0 Å². The number of carboxylic acids is 1. The summed E-state index contributed by atoms with van der Waals surface area (Å²) in [5, 5.41) is 19.1. The molecular weight excluding hydrogens is 593 g/mol. The third kappa shape index (κ3) is 10.00. The van der Waals surface area contributed by atoms with E-state index < -0.39 is 35.4 Å². The number of hydrogen-bond donors (Lipinski definition) is 3. The van der Waals surface area contributed by atoms with Crippen LogP contribution in [0.25, 0.3) is 5.76 Å². The van der Waals surface area contributed by atoms with Crippen molar-refractivity contribution < 1.29 is 38.2 Å². The average Bonchev–Trinajstić information content (AvgIpc) is 3.18. The Hall–Kier alpha value is -5.03. The molecule has 4 rings (SSSR count). The zero-order chi connectivity index (χ0) is 33.3. The summed E-state index contributed by atoms with van der Waals surface area (Å²) in [4.78, 5) is 42.0. The Labute approximate surface area is 267 Å². The van der Waals surface area contributed by atoms with Gasteiger partial charge in [0.1, 0.15) is 24.1 Å². The monoisotopic (exact) mass is 631 g/mol. The fourth-order valence-electron chi connectivity index (χ4n) is 4.65. The standard InChI is InChI=1S/C35H38FN3O7/c1-22-10-17-30(25-12-14-26(15-13-25)37-34(43)45-35(2,3)4)46-39-32(22)27-16-11-24(18-28(27)36)19-29(33(41)42)38-31(40)21-44-20-23-8-6-5-7-9-23/h5-9,11-18,22,29H,10,19-21H2,1-4H3,(H,37,43)(H,38,40)(H,41,42). The number of rotatable bonds is 11. The highest BCUT2D eigenvalue weighted by Crippen LogP contribution is 2.27. The third-order valence-electron chi connectivity index (χ3n) is 6.91. The molecule has 0 spiro atoms. The van der Waals surface area contributed by atoms with Crippen molar-refractivity contribution in [2.24, 2.45) is 11.1 Å². The topological polar surface area (TPSA) is 136 Å². The fraction of sp³-hybridized carbons (Fsp3) is 0.314. The Morgan fingerprint density at radius 2 is 1.76 bits per heavy atom. The number of amides is 2. The lowest BCUT2D eigenvalue weighted by atomic mass is 9.93. The second kappa shape index (κ2) is 15.3. The Balaban J connectivity index is 1.37. The van der Waals surface area contributed by atoms with E-state index in [2.05, 4.69) is 15.8 Å². The summed E-state index contributed by atoms with van der Waals surface area (Å²) >= 11 is 0. The van der Waals surface area contributed by atoms with Gasteiger partial charge >= 0.3 is 12.1 Å². The van der Waals surface area contributed by atoms with E-state index in [0.29, 0.717) is 29.1 Å². The number of halogens is 1. The van der Waals surface area contributed by atoms with Crippen LogP contribution >= 0.6 is 0 Å². The molecule has 0 saturated heterocycles. The maximum absolute atomic E-state index is 15.4. The molecule has 0 radical (unpaired) electrons. The molecule has 1 aliphatic rings. The Kier molecular flexibility index (Phi) is 11.3. The smallest absolute Gasteiger partial charge is 0.412 e. The van der Waals surface area contributed by atoms with Crippen molar-refractivity contribution in [2.45, 2.75) is 58.8 Å². The lowest BCUT2D eigenvalue weighted by Gasteiger charge is -2.19. The van der Waals surface area contributed by atoms with Gasteiger partial charge in [-0.2, -0.15) is 0 Å². The molecule has 2 unspecified atom stereocenters. The molecule has 1 aliphatic heterocycles. The van der Waals surface area contributed by atoms with Gasteiger partial charge < -0.3 is 24.7 Å². The minimum atomic E-state index is -1.27. The summed E-state index contributed by atoms with van der Waals surface area (Å²) in [6, 6.07) is 19.4. The molecule has 0 aliphatic carbocycles. The zero-order valence-electron chi connectivity index (χ0n) is 26.2. The van der Waals surface area contributed by atoms with Gasteiger partial charge in [-0.15, -0.1) is 0 Å². The number of oxime groups is 1. The molecule has 0 bridgehead atoms. The molecule has 0 saturated carbocycles. The maximum Gasteiger partial charge on any atom is 0.412 e. The van der Waals surface area contributed by atoms with Crippen molar-refractivity contribution in [2.75, 3.05) is 11.9 Å². The van der Waals surface area contributed by atoms with Gasteiger partial charge in [-0.3, -0.25) is 10.1 Å². The Morgan fingerprint density at radius 1 is 1.04 bits per heavy atom. The van der Waals surface area contributed by atoms with E-state index in [1.165, 1.54) is 12.1 Å². The van der Waals surface area contributed by atoms with E-state index in [9.17, 15) is 19.5 Å². The van der Waals surface area contributed by atoms with Crippen molar-refractivity contribution in [3.05, 3.63) is 107 Å². The molecule has 11 heteroatoms. The third-order valence-corrected chi connectivity index (χ3v) is 6.91. The van der Waals surface area contributed by atoms with Gasteiger partial charge in [-0.25, -0.2) is 14.0 Å². The minimum absolute atomic E-state index is 0.125. The number of hydrogen-bond acceptors (Lipinski definition) is 7. The van der Waals surface area contributed by atoms with Crippen LogP contribution < -0.4 is 10.6 Å². The summed E-state index contributed by atoms with van der Waals surface area (Å²) in [5.74, 6) is -2.13. The van der Waals surface area contributed by atoms with Crippen LogP contribution in [0.15, 0.2) is 84.0 Å². The van der Waals surface area contributed by atoms with E-state index in [0.717, 1.165) is 11.1 Å². The number of carbonyl (C=O) groups is 3. The highest BCUT2D eigenvalue weighted by Gasteiger charge is 2.24. The maximum atomic E-state index is 15.4. The molecule has 2 amide bonds. The van der Waals surface area contributed by atoms with Crippen LogP contribution in [-0.4, -0.2) is 47.0 Å². The number of nitrogens with zero attached hydrogens (tertiary/aromatic N) is 1. The van der Waals surface area contributed by atoms with Gasteiger partial charge in [-0.05, 0) is 80.8 Å². The van der Waals surface area contributed by atoms with Crippen LogP contribution in [0.1, 0.15) is 56.4 Å². The minimum Gasteiger partial charge on any atom is -0.480 e.